The predicted molar refractivity (Wildman–Crippen MR) is 99.3 cm³/mol. The van der Waals surface area contributed by atoms with Gasteiger partial charge < -0.3 is 10.1 Å². The van der Waals surface area contributed by atoms with Crippen molar-refractivity contribution in [2.24, 2.45) is 0 Å². The first-order chi connectivity index (χ1) is 9.92. The highest BCUT2D eigenvalue weighted by Gasteiger charge is 2.10. The normalized spacial score (nSPS) is 10.6. The number of methoxy groups -OCH3 is 1. The van der Waals surface area contributed by atoms with Crippen LogP contribution in [0.2, 0.25) is 0 Å². The highest BCUT2D eigenvalue weighted by Crippen LogP contribution is 2.34. The maximum Gasteiger partial charge on any atom is 0.138 e. The molecule has 0 aromatic heterocycles. The molecule has 0 aliphatic heterocycles. The average Bonchev–Trinajstić information content (AvgIpc) is 2.36. The fraction of sp³-hybridized carbons (Fsp3) is 0.250. The molecule has 0 aliphatic rings. The van der Waals surface area contributed by atoms with Crippen molar-refractivity contribution in [3.8, 4) is 5.75 Å². The zero-order chi connectivity index (χ0) is 15.6. The molecule has 0 saturated heterocycles. The monoisotopic (exact) mass is 475 g/mol. The van der Waals surface area contributed by atoms with Crippen LogP contribution >= 0.6 is 47.8 Å². The van der Waals surface area contributed by atoms with E-state index in [0.717, 1.165) is 30.4 Å². The molecule has 0 amide bonds. The van der Waals surface area contributed by atoms with Gasteiger partial charge in [-0.3, -0.25) is 0 Å². The summed E-state index contributed by atoms with van der Waals surface area (Å²) >= 11 is 10.6. The fourth-order valence-electron chi connectivity index (χ4n) is 2.35. The van der Waals surface area contributed by atoms with Gasteiger partial charge in [0.05, 0.1) is 11.6 Å². The van der Waals surface area contributed by atoms with Crippen molar-refractivity contribution in [1.29, 1.82) is 0 Å². The second kappa shape index (κ2) is 7.16. The molecule has 0 saturated carbocycles. The number of benzene rings is 2. The molecule has 0 aliphatic carbocycles. The number of halogens is 3. The lowest BCUT2D eigenvalue weighted by molar-refractivity contribution is 0.407. The molecular formula is C16H16Br3NO. The van der Waals surface area contributed by atoms with Crippen LogP contribution in [-0.4, -0.2) is 7.11 Å². The molecule has 1 N–H and O–H groups in total. The maximum atomic E-state index is 5.48. The van der Waals surface area contributed by atoms with Crippen molar-refractivity contribution >= 4 is 53.5 Å². The summed E-state index contributed by atoms with van der Waals surface area (Å²) in [6.07, 6.45) is 0. The molecule has 112 valence electrons. The molecule has 2 aromatic rings. The number of rotatable bonds is 4. The molecule has 5 heteroatoms. The Hall–Kier alpha value is -0.520. The molecule has 0 spiro atoms. The summed E-state index contributed by atoms with van der Waals surface area (Å²) in [5.74, 6) is 0.859. The highest BCUT2D eigenvalue weighted by atomic mass is 79.9. The second-order valence-corrected chi connectivity index (χ2v) is 7.53. The molecule has 0 atom stereocenters. The molecule has 0 fully saturated rings. The van der Waals surface area contributed by atoms with E-state index in [1.165, 1.54) is 11.1 Å². The van der Waals surface area contributed by atoms with Crippen molar-refractivity contribution in [3.05, 3.63) is 54.4 Å². The minimum absolute atomic E-state index is 0.699. The van der Waals surface area contributed by atoms with E-state index < -0.39 is 0 Å². The zero-order valence-corrected chi connectivity index (χ0v) is 16.8. The third-order valence-electron chi connectivity index (χ3n) is 3.24. The van der Waals surface area contributed by atoms with Crippen molar-refractivity contribution in [2.45, 2.75) is 20.4 Å². The van der Waals surface area contributed by atoms with Crippen LogP contribution in [-0.2, 0) is 6.54 Å². The van der Waals surface area contributed by atoms with Gasteiger partial charge in [-0.15, -0.1) is 0 Å². The molecule has 21 heavy (non-hydrogen) atoms. The Kier molecular flexibility index (Phi) is 5.74. The summed E-state index contributed by atoms with van der Waals surface area (Å²) < 4.78 is 8.56. The summed E-state index contributed by atoms with van der Waals surface area (Å²) in [6.45, 7) is 4.91. The highest BCUT2D eigenvalue weighted by molar-refractivity contribution is 9.11. The van der Waals surface area contributed by atoms with Gasteiger partial charge in [0.15, 0.2) is 0 Å². The topological polar surface area (TPSA) is 21.3 Å². The van der Waals surface area contributed by atoms with Gasteiger partial charge >= 0.3 is 0 Å². The Labute approximate surface area is 150 Å². The van der Waals surface area contributed by atoms with Crippen molar-refractivity contribution in [3.63, 3.8) is 0 Å². The van der Waals surface area contributed by atoms with E-state index in [1.807, 2.05) is 6.07 Å². The lowest BCUT2D eigenvalue weighted by Crippen LogP contribution is -2.05. The van der Waals surface area contributed by atoms with Gasteiger partial charge in [-0.05, 0) is 65.2 Å². The minimum Gasteiger partial charge on any atom is -0.495 e. The Balaban J connectivity index is 2.29. The Bertz CT molecular complexity index is 648. The average molecular weight is 478 g/mol. The molecular weight excluding hydrogens is 462 g/mol. The first kappa shape index (κ1) is 16.8. The van der Waals surface area contributed by atoms with Gasteiger partial charge in [0.2, 0.25) is 0 Å². The van der Waals surface area contributed by atoms with Gasteiger partial charge in [0.25, 0.3) is 0 Å². The lowest BCUT2D eigenvalue weighted by atomic mass is 10.1. The molecule has 0 bridgehead atoms. The maximum absolute atomic E-state index is 5.48. The summed E-state index contributed by atoms with van der Waals surface area (Å²) in [7, 11) is 1.69. The third kappa shape index (κ3) is 4.02. The Morgan fingerprint density at radius 3 is 2.10 bits per heavy atom. The van der Waals surface area contributed by atoms with Crippen LogP contribution in [0.3, 0.4) is 0 Å². The fourth-order valence-corrected chi connectivity index (χ4v) is 4.51. The minimum atomic E-state index is 0.699. The number of hydrogen-bond donors (Lipinski definition) is 1. The van der Waals surface area contributed by atoms with Crippen LogP contribution in [0.4, 0.5) is 5.69 Å². The Morgan fingerprint density at radius 1 is 0.952 bits per heavy atom. The molecule has 0 unspecified atom stereocenters. The van der Waals surface area contributed by atoms with Gasteiger partial charge in [0.1, 0.15) is 5.75 Å². The van der Waals surface area contributed by atoms with Crippen LogP contribution in [0.25, 0.3) is 0 Å². The second-order valence-electron chi connectivity index (χ2n) is 4.85. The van der Waals surface area contributed by atoms with Gasteiger partial charge in [-0.25, -0.2) is 0 Å². The lowest BCUT2D eigenvalue weighted by Gasteiger charge is -2.16. The van der Waals surface area contributed by atoms with E-state index >= 15 is 0 Å². The van der Waals surface area contributed by atoms with E-state index in [2.05, 4.69) is 85.2 Å². The van der Waals surface area contributed by atoms with Crippen LogP contribution in [0.1, 0.15) is 16.7 Å². The largest absolute Gasteiger partial charge is 0.495 e. The van der Waals surface area contributed by atoms with Gasteiger partial charge in [-0.1, -0.05) is 31.9 Å². The Morgan fingerprint density at radius 2 is 1.52 bits per heavy atom. The van der Waals surface area contributed by atoms with E-state index in [4.69, 9.17) is 4.74 Å². The van der Waals surface area contributed by atoms with Gasteiger partial charge in [-0.2, -0.15) is 0 Å². The molecule has 2 rings (SSSR count). The summed E-state index contributed by atoms with van der Waals surface area (Å²) in [5, 5.41) is 3.51. The van der Waals surface area contributed by atoms with Gasteiger partial charge in [0, 0.05) is 26.7 Å². The van der Waals surface area contributed by atoms with Crippen molar-refractivity contribution in [2.75, 3.05) is 12.4 Å². The predicted octanol–water partition coefficient (Wildman–Crippen LogP) is 6.21. The number of nitrogens with one attached hydrogen (secondary N) is 1. The van der Waals surface area contributed by atoms with Crippen molar-refractivity contribution in [1.82, 2.24) is 0 Å². The number of ether oxygens (including phenoxy) is 1. The smallest absolute Gasteiger partial charge is 0.138 e. The summed E-state index contributed by atoms with van der Waals surface area (Å²) in [5.41, 5.74) is 4.70. The number of hydrogen-bond acceptors (Lipinski definition) is 2. The quantitative estimate of drug-likeness (QED) is 0.565. The van der Waals surface area contributed by atoms with E-state index in [9.17, 15) is 0 Å². The van der Waals surface area contributed by atoms with Crippen LogP contribution < -0.4 is 10.1 Å². The summed E-state index contributed by atoms with van der Waals surface area (Å²) in [6, 6.07) is 8.28. The standard InChI is InChI=1S/C16H16Br3NO/c1-9-4-12(17)5-10(2)15(9)20-8-11-6-13(18)7-14(19)16(11)21-3/h4-7,20H,8H2,1-3H3. The van der Waals surface area contributed by atoms with Crippen LogP contribution in [0.15, 0.2) is 37.7 Å². The van der Waals surface area contributed by atoms with Crippen LogP contribution in [0, 0.1) is 13.8 Å². The molecule has 2 nitrogen and oxygen atoms in total. The van der Waals surface area contributed by atoms with Crippen molar-refractivity contribution < 1.29 is 4.74 Å². The molecule has 0 heterocycles. The summed E-state index contributed by atoms with van der Waals surface area (Å²) in [4.78, 5) is 0. The SMILES string of the molecule is COc1c(Br)cc(Br)cc1CNc1c(C)cc(Br)cc1C. The molecule has 2 aromatic carbocycles. The first-order valence-electron chi connectivity index (χ1n) is 6.45. The van der Waals surface area contributed by atoms with E-state index in [-0.39, 0.29) is 0 Å². The van der Waals surface area contributed by atoms with E-state index in [0.29, 0.717) is 6.54 Å². The first-order valence-corrected chi connectivity index (χ1v) is 8.82. The third-order valence-corrected chi connectivity index (χ3v) is 4.75. The van der Waals surface area contributed by atoms with E-state index in [1.54, 1.807) is 7.11 Å². The number of aryl methyl sites for hydroxylation is 2. The molecule has 0 radical (unpaired) electrons. The number of anilines is 1. The zero-order valence-electron chi connectivity index (χ0n) is 12.1. The van der Waals surface area contributed by atoms with Crippen LogP contribution in [0.5, 0.6) is 5.75 Å².